The predicted molar refractivity (Wildman–Crippen MR) is 32.2 cm³/mol. The molecule has 0 aromatic rings. The van der Waals surface area contributed by atoms with Gasteiger partial charge in [-0.25, -0.2) is 9.59 Å². The number of carboxylic acid groups (broad SMARTS) is 1. The van der Waals surface area contributed by atoms with Crippen LogP contribution in [0.25, 0.3) is 0 Å². The molecule has 0 spiro atoms. The van der Waals surface area contributed by atoms with Gasteiger partial charge in [0.2, 0.25) is 0 Å². The SMILES string of the molecule is C.O=C(O)/C=C\C(=O)OO. The Kier molecular flexibility index (Phi) is 6.60. The smallest absolute Gasteiger partial charge is 0.365 e. The molecule has 0 fully saturated rings. The summed E-state index contributed by atoms with van der Waals surface area (Å²) in [5, 5.41) is 15.4. The number of carboxylic acids is 1. The molecule has 0 radical (unpaired) electrons. The van der Waals surface area contributed by atoms with E-state index in [0.717, 1.165) is 0 Å². The molecule has 5 heteroatoms. The van der Waals surface area contributed by atoms with Crippen LogP contribution >= 0.6 is 0 Å². The maximum atomic E-state index is 9.89. The second kappa shape index (κ2) is 5.77. The van der Waals surface area contributed by atoms with Crippen molar-refractivity contribution in [2.45, 2.75) is 7.43 Å². The van der Waals surface area contributed by atoms with Gasteiger partial charge in [0.15, 0.2) is 0 Å². The van der Waals surface area contributed by atoms with Crippen molar-refractivity contribution in [2.75, 3.05) is 0 Å². The van der Waals surface area contributed by atoms with E-state index >= 15 is 0 Å². The Balaban J connectivity index is 0. The zero-order valence-corrected chi connectivity index (χ0v) is 4.27. The van der Waals surface area contributed by atoms with E-state index in [2.05, 4.69) is 4.89 Å². The summed E-state index contributed by atoms with van der Waals surface area (Å²) < 4.78 is 0. The van der Waals surface area contributed by atoms with E-state index < -0.39 is 11.9 Å². The highest BCUT2D eigenvalue weighted by atomic mass is 17.1. The molecule has 5 nitrogen and oxygen atoms in total. The van der Waals surface area contributed by atoms with Crippen LogP contribution in [0.2, 0.25) is 0 Å². The lowest BCUT2D eigenvalue weighted by molar-refractivity contribution is -0.228. The molecule has 0 aliphatic rings. The van der Waals surface area contributed by atoms with E-state index in [1.165, 1.54) is 0 Å². The average Bonchev–Trinajstić information content (AvgIpc) is 1.83. The Morgan fingerprint density at radius 3 is 2.10 bits per heavy atom. The number of aliphatic carboxylic acids is 1. The van der Waals surface area contributed by atoms with Crippen LogP contribution in [-0.2, 0) is 14.5 Å². The number of rotatable bonds is 2. The van der Waals surface area contributed by atoms with E-state index in [9.17, 15) is 9.59 Å². The molecule has 0 aliphatic heterocycles. The van der Waals surface area contributed by atoms with Gasteiger partial charge in [0.05, 0.1) is 0 Å². The highest BCUT2D eigenvalue weighted by Crippen LogP contribution is 1.76. The second-order valence-electron chi connectivity index (χ2n) is 1.08. The van der Waals surface area contributed by atoms with Crippen LogP contribution < -0.4 is 0 Å². The van der Waals surface area contributed by atoms with Crippen LogP contribution in [-0.4, -0.2) is 22.3 Å². The molecular weight excluding hydrogens is 140 g/mol. The normalized spacial score (nSPS) is 8.50. The Labute approximate surface area is 57.5 Å². The fraction of sp³-hybridized carbons (Fsp3) is 0.200. The first-order valence-corrected chi connectivity index (χ1v) is 1.93. The van der Waals surface area contributed by atoms with Crippen molar-refractivity contribution in [3.63, 3.8) is 0 Å². The van der Waals surface area contributed by atoms with Crippen molar-refractivity contribution in [3.05, 3.63) is 12.2 Å². The summed E-state index contributed by atoms with van der Waals surface area (Å²) in [6.45, 7) is 0. The fourth-order valence-corrected chi connectivity index (χ4v) is 0.170. The van der Waals surface area contributed by atoms with E-state index in [1.807, 2.05) is 0 Å². The molecule has 10 heavy (non-hydrogen) atoms. The summed E-state index contributed by atoms with van der Waals surface area (Å²) in [7, 11) is 0. The van der Waals surface area contributed by atoms with Gasteiger partial charge in [0.25, 0.3) is 0 Å². The summed E-state index contributed by atoms with van der Waals surface area (Å²) in [5.74, 6) is -2.39. The van der Waals surface area contributed by atoms with E-state index in [-0.39, 0.29) is 7.43 Å². The fourth-order valence-electron chi connectivity index (χ4n) is 0.170. The summed E-state index contributed by atoms with van der Waals surface area (Å²) in [6, 6.07) is 0. The molecule has 0 saturated carbocycles. The molecule has 0 saturated heterocycles. The highest BCUT2D eigenvalue weighted by molar-refractivity contribution is 5.90. The minimum atomic E-state index is -1.28. The van der Waals surface area contributed by atoms with Crippen molar-refractivity contribution in [1.82, 2.24) is 0 Å². The number of carbonyl (C=O) groups is 2. The van der Waals surface area contributed by atoms with E-state index in [4.69, 9.17) is 10.4 Å². The van der Waals surface area contributed by atoms with Gasteiger partial charge >= 0.3 is 11.9 Å². The summed E-state index contributed by atoms with van der Waals surface area (Å²) in [4.78, 5) is 22.6. The first kappa shape index (κ1) is 11.4. The van der Waals surface area contributed by atoms with Crippen LogP contribution in [0.15, 0.2) is 12.2 Å². The van der Waals surface area contributed by atoms with Crippen molar-refractivity contribution in [3.8, 4) is 0 Å². The van der Waals surface area contributed by atoms with Crippen LogP contribution in [0.4, 0.5) is 0 Å². The molecule has 0 rings (SSSR count). The molecule has 0 heterocycles. The maximum absolute atomic E-state index is 9.89. The maximum Gasteiger partial charge on any atom is 0.365 e. The Hall–Kier alpha value is -1.36. The molecule has 0 aromatic carbocycles. The number of hydrogen-bond acceptors (Lipinski definition) is 4. The molecule has 0 amide bonds. The minimum Gasteiger partial charge on any atom is -0.478 e. The topological polar surface area (TPSA) is 83.8 Å². The second-order valence-corrected chi connectivity index (χ2v) is 1.08. The van der Waals surface area contributed by atoms with Gasteiger partial charge in [0.1, 0.15) is 0 Å². The number of carbonyl (C=O) groups excluding carboxylic acids is 1. The van der Waals surface area contributed by atoms with E-state index in [1.54, 1.807) is 0 Å². The van der Waals surface area contributed by atoms with Gasteiger partial charge in [0, 0.05) is 12.2 Å². The quantitative estimate of drug-likeness (QED) is 0.334. The molecular formula is C5H8O5. The Morgan fingerprint density at radius 2 is 1.80 bits per heavy atom. The zero-order chi connectivity index (χ0) is 7.28. The molecule has 58 valence electrons. The molecule has 2 N–H and O–H groups in total. The van der Waals surface area contributed by atoms with Crippen molar-refractivity contribution < 1.29 is 24.8 Å². The number of hydrogen-bond donors (Lipinski definition) is 2. The lowest BCUT2D eigenvalue weighted by Crippen LogP contribution is -1.96. The average molecular weight is 148 g/mol. The van der Waals surface area contributed by atoms with Crippen LogP contribution in [0.5, 0.6) is 0 Å². The monoisotopic (exact) mass is 148 g/mol. The Bertz CT molecular complexity index is 148. The summed E-state index contributed by atoms with van der Waals surface area (Å²) >= 11 is 0. The largest absolute Gasteiger partial charge is 0.478 e. The van der Waals surface area contributed by atoms with Gasteiger partial charge < -0.3 is 5.11 Å². The van der Waals surface area contributed by atoms with Gasteiger partial charge in [-0.2, -0.15) is 5.26 Å². The van der Waals surface area contributed by atoms with Gasteiger partial charge in [-0.3, -0.25) is 4.89 Å². The van der Waals surface area contributed by atoms with Gasteiger partial charge in [-0.05, 0) is 0 Å². The van der Waals surface area contributed by atoms with Gasteiger partial charge in [-0.15, -0.1) is 0 Å². The van der Waals surface area contributed by atoms with Crippen molar-refractivity contribution in [1.29, 1.82) is 0 Å². The molecule has 0 bridgehead atoms. The summed E-state index contributed by atoms with van der Waals surface area (Å²) in [5.41, 5.74) is 0. The lowest BCUT2D eigenvalue weighted by atomic mass is 10.5. The molecule has 0 aliphatic carbocycles. The highest BCUT2D eigenvalue weighted by Gasteiger charge is 1.93. The zero-order valence-electron chi connectivity index (χ0n) is 4.27. The third kappa shape index (κ3) is 6.64. The van der Waals surface area contributed by atoms with Crippen LogP contribution in [0.1, 0.15) is 7.43 Å². The standard InChI is InChI=1S/C4H4O5.CH4/c5-3(6)1-2-4(7)9-8;/h1-2,8H,(H,5,6);1H4/b2-1-;. The third-order valence-electron chi connectivity index (χ3n) is 0.452. The van der Waals surface area contributed by atoms with Gasteiger partial charge in [-0.1, -0.05) is 7.43 Å². The van der Waals surface area contributed by atoms with Crippen molar-refractivity contribution >= 4 is 11.9 Å². The molecule has 0 aromatic heterocycles. The lowest BCUT2D eigenvalue weighted by Gasteiger charge is -1.82. The van der Waals surface area contributed by atoms with E-state index in [0.29, 0.717) is 12.2 Å². The molecule has 0 atom stereocenters. The predicted octanol–water partition coefficient (Wildman–Crippen LogP) is 0.279. The first-order chi connectivity index (χ1) is 4.16. The summed E-state index contributed by atoms with van der Waals surface area (Å²) in [6.07, 6.45) is 1.14. The minimum absolute atomic E-state index is 0. The van der Waals surface area contributed by atoms with Crippen molar-refractivity contribution in [2.24, 2.45) is 0 Å². The Morgan fingerprint density at radius 1 is 1.30 bits per heavy atom. The first-order valence-electron chi connectivity index (χ1n) is 1.93. The van der Waals surface area contributed by atoms with Crippen LogP contribution in [0, 0.1) is 0 Å². The molecule has 0 unspecified atom stereocenters. The third-order valence-corrected chi connectivity index (χ3v) is 0.452. The van der Waals surface area contributed by atoms with Crippen LogP contribution in [0.3, 0.4) is 0 Å².